The predicted octanol–water partition coefficient (Wildman–Crippen LogP) is 0.352. The second kappa shape index (κ2) is 1.96. The van der Waals surface area contributed by atoms with Crippen molar-refractivity contribution in [2.45, 2.75) is 26.4 Å². The second-order valence-corrected chi connectivity index (χ2v) is 3.51. The first-order valence-electron chi connectivity index (χ1n) is 3.47. The van der Waals surface area contributed by atoms with Crippen molar-refractivity contribution in [3.05, 3.63) is 0 Å². The molecule has 0 aliphatic heterocycles. The van der Waals surface area contributed by atoms with Crippen LogP contribution in [-0.4, -0.2) is 17.8 Å². The van der Waals surface area contributed by atoms with Crippen molar-refractivity contribution in [3.8, 4) is 0 Å². The zero-order valence-electron chi connectivity index (χ0n) is 6.09. The highest BCUT2D eigenvalue weighted by Gasteiger charge is 2.45. The van der Waals surface area contributed by atoms with Crippen LogP contribution in [0.1, 0.15) is 20.3 Å². The van der Waals surface area contributed by atoms with E-state index in [1.807, 2.05) is 0 Å². The number of rotatable bonds is 1. The van der Waals surface area contributed by atoms with E-state index < -0.39 is 0 Å². The summed E-state index contributed by atoms with van der Waals surface area (Å²) in [4.78, 5) is 0. The van der Waals surface area contributed by atoms with Crippen LogP contribution < -0.4 is 5.73 Å². The Labute approximate surface area is 56.1 Å². The molecule has 0 heterocycles. The van der Waals surface area contributed by atoms with Crippen LogP contribution in [-0.2, 0) is 0 Å². The Morgan fingerprint density at radius 3 is 2.33 bits per heavy atom. The molecule has 1 fully saturated rings. The third-order valence-electron chi connectivity index (χ3n) is 2.70. The van der Waals surface area contributed by atoms with E-state index in [2.05, 4.69) is 13.8 Å². The molecule has 9 heavy (non-hydrogen) atoms. The Bertz CT molecular complexity index is 111. The largest absolute Gasteiger partial charge is 0.393 e. The summed E-state index contributed by atoms with van der Waals surface area (Å²) in [5.41, 5.74) is 5.54. The van der Waals surface area contributed by atoms with Gasteiger partial charge < -0.3 is 10.8 Å². The monoisotopic (exact) mass is 129 g/mol. The highest BCUT2D eigenvalue weighted by molar-refractivity contribution is 4.96. The van der Waals surface area contributed by atoms with Crippen LogP contribution in [0.5, 0.6) is 0 Å². The lowest BCUT2D eigenvalue weighted by Gasteiger charge is -2.48. The molecule has 0 aromatic heterocycles. The standard InChI is InChI=1S/C7H15NO/c1-7(2)5(4-8)3-6(7)9/h5-6,9H,3-4,8H2,1-2H3. The van der Waals surface area contributed by atoms with Gasteiger partial charge in [-0.25, -0.2) is 0 Å². The SMILES string of the molecule is CC1(C)C(O)CC1CN. The number of nitrogens with two attached hydrogens (primary N) is 1. The first-order chi connectivity index (χ1) is 4.09. The fourth-order valence-corrected chi connectivity index (χ4v) is 1.39. The molecule has 2 heteroatoms. The molecule has 1 rings (SSSR count). The fourth-order valence-electron chi connectivity index (χ4n) is 1.39. The van der Waals surface area contributed by atoms with Crippen molar-refractivity contribution < 1.29 is 5.11 Å². The van der Waals surface area contributed by atoms with Gasteiger partial charge in [0.15, 0.2) is 0 Å². The Morgan fingerprint density at radius 2 is 2.22 bits per heavy atom. The van der Waals surface area contributed by atoms with Crippen molar-refractivity contribution in [2.75, 3.05) is 6.54 Å². The van der Waals surface area contributed by atoms with Gasteiger partial charge in [0.1, 0.15) is 0 Å². The van der Waals surface area contributed by atoms with Crippen LogP contribution in [0.2, 0.25) is 0 Å². The average Bonchev–Trinajstić information content (AvgIpc) is 1.82. The van der Waals surface area contributed by atoms with Crippen molar-refractivity contribution in [3.63, 3.8) is 0 Å². The zero-order valence-corrected chi connectivity index (χ0v) is 6.09. The van der Waals surface area contributed by atoms with E-state index in [1.54, 1.807) is 0 Å². The third-order valence-corrected chi connectivity index (χ3v) is 2.70. The number of aliphatic hydroxyl groups is 1. The predicted molar refractivity (Wildman–Crippen MR) is 36.9 cm³/mol. The van der Waals surface area contributed by atoms with Gasteiger partial charge in [-0.2, -0.15) is 0 Å². The van der Waals surface area contributed by atoms with E-state index in [4.69, 9.17) is 5.73 Å². The summed E-state index contributed by atoms with van der Waals surface area (Å²) < 4.78 is 0. The van der Waals surface area contributed by atoms with E-state index in [0.717, 1.165) is 6.42 Å². The van der Waals surface area contributed by atoms with Gasteiger partial charge in [0.25, 0.3) is 0 Å². The molecule has 0 aromatic rings. The highest BCUT2D eigenvalue weighted by Crippen LogP contribution is 2.45. The second-order valence-electron chi connectivity index (χ2n) is 3.51. The summed E-state index contributed by atoms with van der Waals surface area (Å²) >= 11 is 0. The molecule has 2 unspecified atom stereocenters. The van der Waals surface area contributed by atoms with Gasteiger partial charge in [-0.3, -0.25) is 0 Å². The van der Waals surface area contributed by atoms with E-state index in [9.17, 15) is 5.11 Å². The Hall–Kier alpha value is -0.0800. The summed E-state index contributed by atoms with van der Waals surface area (Å²) in [5.74, 6) is 0.535. The van der Waals surface area contributed by atoms with Gasteiger partial charge in [-0.05, 0) is 24.3 Å². The molecule has 0 radical (unpaired) electrons. The normalized spacial score (nSPS) is 40.0. The molecule has 0 bridgehead atoms. The molecule has 1 aliphatic rings. The summed E-state index contributed by atoms with van der Waals surface area (Å²) in [7, 11) is 0. The van der Waals surface area contributed by atoms with Crippen LogP contribution >= 0.6 is 0 Å². The molecule has 1 saturated carbocycles. The van der Waals surface area contributed by atoms with Crippen molar-refractivity contribution >= 4 is 0 Å². The molecule has 1 aliphatic carbocycles. The van der Waals surface area contributed by atoms with E-state index in [1.165, 1.54) is 0 Å². The van der Waals surface area contributed by atoms with E-state index >= 15 is 0 Å². The Morgan fingerprint density at radius 1 is 1.67 bits per heavy atom. The highest BCUT2D eigenvalue weighted by atomic mass is 16.3. The molecule has 2 nitrogen and oxygen atoms in total. The van der Waals surface area contributed by atoms with Crippen LogP contribution in [0.3, 0.4) is 0 Å². The maximum absolute atomic E-state index is 9.22. The smallest absolute Gasteiger partial charge is 0.0597 e. The van der Waals surface area contributed by atoms with Crippen LogP contribution in [0.4, 0.5) is 0 Å². The van der Waals surface area contributed by atoms with Gasteiger partial charge in [-0.15, -0.1) is 0 Å². The molecule has 0 aromatic carbocycles. The third kappa shape index (κ3) is 0.864. The number of hydrogen-bond acceptors (Lipinski definition) is 2. The summed E-state index contributed by atoms with van der Waals surface area (Å²) in [5, 5.41) is 9.22. The molecular formula is C7H15NO. The Balaban J connectivity index is 2.48. The minimum Gasteiger partial charge on any atom is -0.393 e. The number of aliphatic hydroxyl groups excluding tert-OH is 1. The lowest BCUT2D eigenvalue weighted by atomic mass is 9.60. The topological polar surface area (TPSA) is 46.2 Å². The summed E-state index contributed by atoms with van der Waals surface area (Å²) in [6, 6.07) is 0. The molecule has 0 saturated heterocycles. The minimum absolute atomic E-state index is 0.0781. The van der Waals surface area contributed by atoms with Gasteiger partial charge in [-0.1, -0.05) is 13.8 Å². The van der Waals surface area contributed by atoms with Gasteiger partial charge in [0, 0.05) is 0 Å². The first-order valence-corrected chi connectivity index (χ1v) is 3.47. The summed E-state index contributed by atoms with van der Waals surface area (Å²) in [6.07, 6.45) is 0.773. The molecular weight excluding hydrogens is 114 g/mol. The zero-order chi connectivity index (χ0) is 7.07. The van der Waals surface area contributed by atoms with Crippen LogP contribution in [0, 0.1) is 11.3 Å². The van der Waals surface area contributed by atoms with Gasteiger partial charge in [0.05, 0.1) is 6.10 Å². The average molecular weight is 129 g/mol. The maximum atomic E-state index is 9.22. The van der Waals surface area contributed by atoms with Crippen LogP contribution in [0.15, 0.2) is 0 Å². The van der Waals surface area contributed by atoms with Crippen molar-refractivity contribution in [2.24, 2.45) is 17.1 Å². The lowest BCUT2D eigenvalue weighted by molar-refractivity contribution is -0.0935. The van der Waals surface area contributed by atoms with Crippen molar-refractivity contribution in [1.82, 2.24) is 0 Å². The molecule has 3 N–H and O–H groups in total. The summed E-state index contributed by atoms with van der Waals surface area (Å²) in [6.45, 7) is 4.85. The molecule has 0 amide bonds. The molecule has 0 spiro atoms. The molecule has 2 atom stereocenters. The van der Waals surface area contributed by atoms with E-state index in [-0.39, 0.29) is 11.5 Å². The quantitative estimate of drug-likeness (QED) is 0.536. The van der Waals surface area contributed by atoms with Gasteiger partial charge in [0.2, 0.25) is 0 Å². The van der Waals surface area contributed by atoms with E-state index in [0.29, 0.717) is 12.5 Å². The lowest BCUT2D eigenvalue weighted by Crippen LogP contribution is -2.51. The maximum Gasteiger partial charge on any atom is 0.0597 e. The number of hydrogen-bond donors (Lipinski definition) is 2. The minimum atomic E-state index is -0.119. The molecule has 54 valence electrons. The first kappa shape index (κ1) is 7.03. The fraction of sp³-hybridized carbons (Fsp3) is 1.00. The van der Waals surface area contributed by atoms with Crippen LogP contribution in [0.25, 0.3) is 0 Å². The van der Waals surface area contributed by atoms with Crippen molar-refractivity contribution in [1.29, 1.82) is 0 Å². The van der Waals surface area contributed by atoms with Gasteiger partial charge >= 0.3 is 0 Å². The Kier molecular flexibility index (Phi) is 1.53.